The topological polar surface area (TPSA) is 117 Å². The van der Waals surface area contributed by atoms with E-state index in [0.717, 1.165) is 24.1 Å². The summed E-state index contributed by atoms with van der Waals surface area (Å²) in [4.78, 5) is 25.8. The van der Waals surface area contributed by atoms with E-state index in [0.29, 0.717) is 47.8 Å². The summed E-state index contributed by atoms with van der Waals surface area (Å²) < 4.78 is 0. The molecule has 1 N–H and O–H groups in total. The van der Waals surface area contributed by atoms with Gasteiger partial charge in [0.15, 0.2) is 0 Å². The van der Waals surface area contributed by atoms with Gasteiger partial charge < -0.3 is 14.9 Å². The van der Waals surface area contributed by atoms with Gasteiger partial charge in [-0.1, -0.05) is 20.4 Å². The Labute approximate surface area is 206 Å². The fourth-order valence-electron chi connectivity index (χ4n) is 4.74. The second-order valence-electron chi connectivity index (χ2n) is 9.47. The molecule has 8 heteroatoms. The van der Waals surface area contributed by atoms with Crippen molar-refractivity contribution in [3.8, 4) is 23.3 Å². The Kier molecular flexibility index (Phi) is 7.14. The number of carbonyl (C=O) groups is 1. The predicted molar refractivity (Wildman–Crippen MR) is 133 cm³/mol. The largest absolute Gasteiger partial charge is 0.396 e. The second-order valence-corrected chi connectivity index (χ2v) is 9.47. The molecular formula is C27H30N6O2. The Morgan fingerprint density at radius 3 is 2.57 bits per heavy atom. The SMILES string of the molecule is C=Cc1cc(-c2cc(C#N)c(N3CCN(C(=O)CCO)C(C(C)C)C3)nc2C2CC2)c(C#N)cn1. The maximum absolute atomic E-state index is 12.6. The lowest BCUT2D eigenvalue weighted by molar-refractivity contribution is -0.135. The quantitative estimate of drug-likeness (QED) is 0.658. The van der Waals surface area contributed by atoms with Crippen molar-refractivity contribution in [3.63, 3.8) is 0 Å². The van der Waals surface area contributed by atoms with Crippen molar-refractivity contribution in [2.24, 2.45) is 5.92 Å². The number of hydrogen-bond donors (Lipinski definition) is 1. The van der Waals surface area contributed by atoms with Gasteiger partial charge in [-0.2, -0.15) is 10.5 Å². The number of anilines is 1. The molecule has 35 heavy (non-hydrogen) atoms. The van der Waals surface area contributed by atoms with Gasteiger partial charge in [0, 0.05) is 49.3 Å². The minimum Gasteiger partial charge on any atom is -0.396 e. The van der Waals surface area contributed by atoms with Gasteiger partial charge in [-0.15, -0.1) is 0 Å². The van der Waals surface area contributed by atoms with E-state index in [1.54, 1.807) is 12.3 Å². The van der Waals surface area contributed by atoms with Crippen LogP contribution in [0.4, 0.5) is 5.82 Å². The first-order chi connectivity index (χ1) is 16.9. The monoisotopic (exact) mass is 470 g/mol. The van der Waals surface area contributed by atoms with E-state index in [4.69, 9.17) is 4.98 Å². The molecule has 1 aliphatic heterocycles. The average Bonchev–Trinajstić information content (AvgIpc) is 3.72. The molecule has 1 saturated heterocycles. The minimum absolute atomic E-state index is 0.0410. The van der Waals surface area contributed by atoms with Gasteiger partial charge >= 0.3 is 0 Å². The van der Waals surface area contributed by atoms with Crippen LogP contribution >= 0.6 is 0 Å². The highest BCUT2D eigenvalue weighted by Gasteiger charge is 2.35. The molecule has 2 fully saturated rings. The summed E-state index contributed by atoms with van der Waals surface area (Å²) in [7, 11) is 0. The molecule has 0 radical (unpaired) electrons. The lowest BCUT2D eigenvalue weighted by atomic mass is 9.95. The number of pyridine rings is 2. The molecule has 2 aromatic rings. The summed E-state index contributed by atoms with van der Waals surface area (Å²) in [5, 5.41) is 29.0. The van der Waals surface area contributed by atoms with Crippen LogP contribution in [0.1, 0.15) is 61.5 Å². The highest BCUT2D eigenvalue weighted by molar-refractivity contribution is 5.79. The zero-order valence-corrected chi connectivity index (χ0v) is 20.2. The van der Waals surface area contributed by atoms with Crippen LogP contribution in [0.25, 0.3) is 17.2 Å². The summed E-state index contributed by atoms with van der Waals surface area (Å²) in [6.45, 7) is 9.43. The Balaban J connectivity index is 1.77. The maximum Gasteiger partial charge on any atom is 0.225 e. The molecule has 2 aliphatic rings. The first kappa shape index (κ1) is 24.4. The third kappa shape index (κ3) is 4.89. The smallest absolute Gasteiger partial charge is 0.225 e. The molecule has 180 valence electrons. The van der Waals surface area contributed by atoms with E-state index in [2.05, 4.69) is 42.4 Å². The Bertz CT molecular complexity index is 1220. The summed E-state index contributed by atoms with van der Waals surface area (Å²) in [6, 6.07) is 8.18. The summed E-state index contributed by atoms with van der Waals surface area (Å²) in [5.74, 6) is 1.08. The maximum atomic E-state index is 12.6. The Hall–Kier alpha value is -3.75. The number of hydrogen-bond acceptors (Lipinski definition) is 7. The molecular weight excluding hydrogens is 440 g/mol. The molecule has 0 bridgehead atoms. The lowest BCUT2D eigenvalue weighted by Crippen LogP contribution is -2.57. The fourth-order valence-corrected chi connectivity index (χ4v) is 4.74. The first-order valence-electron chi connectivity index (χ1n) is 12.0. The molecule has 1 atom stereocenters. The van der Waals surface area contributed by atoms with Crippen LogP contribution in [0.15, 0.2) is 24.9 Å². The molecule has 8 nitrogen and oxygen atoms in total. The number of rotatable bonds is 7. The van der Waals surface area contributed by atoms with Crippen LogP contribution in [0, 0.1) is 28.6 Å². The normalized spacial score (nSPS) is 17.7. The number of aliphatic hydroxyl groups is 1. The molecule has 2 aromatic heterocycles. The zero-order chi connectivity index (χ0) is 25.1. The van der Waals surface area contributed by atoms with E-state index >= 15 is 0 Å². The molecule has 1 saturated carbocycles. The number of aromatic nitrogens is 2. The van der Waals surface area contributed by atoms with E-state index < -0.39 is 0 Å². The summed E-state index contributed by atoms with van der Waals surface area (Å²) in [5.41, 5.74) is 3.96. The van der Waals surface area contributed by atoms with Crippen LogP contribution < -0.4 is 4.90 Å². The third-order valence-corrected chi connectivity index (χ3v) is 6.79. The number of amides is 1. The highest BCUT2D eigenvalue weighted by atomic mass is 16.3. The average molecular weight is 471 g/mol. The highest BCUT2D eigenvalue weighted by Crippen LogP contribution is 2.45. The van der Waals surface area contributed by atoms with Gasteiger partial charge in [-0.3, -0.25) is 9.78 Å². The van der Waals surface area contributed by atoms with Gasteiger partial charge in [0.2, 0.25) is 5.91 Å². The molecule has 4 rings (SSSR count). The van der Waals surface area contributed by atoms with Gasteiger partial charge in [0.25, 0.3) is 0 Å². The van der Waals surface area contributed by atoms with Crippen molar-refractivity contribution in [1.82, 2.24) is 14.9 Å². The molecule has 1 unspecified atom stereocenters. The number of piperazine rings is 1. The Morgan fingerprint density at radius 2 is 1.97 bits per heavy atom. The molecule has 1 amide bonds. The summed E-state index contributed by atoms with van der Waals surface area (Å²) >= 11 is 0. The third-order valence-electron chi connectivity index (χ3n) is 6.79. The van der Waals surface area contributed by atoms with Gasteiger partial charge in [0.05, 0.1) is 35.2 Å². The first-order valence-corrected chi connectivity index (χ1v) is 12.0. The zero-order valence-electron chi connectivity index (χ0n) is 20.2. The van der Waals surface area contributed by atoms with Crippen molar-refractivity contribution >= 4 is 17.8 Å². The number of aliphatic hydroxyl groups excluding tert-OH is 1. The van der Waals surface area contributed by atoms with E-state index in [9.17, 15) is 20.4 Å². The molecule has 0 aromatic carbocycles. The van der Waals surface area contributed by atoms with Crippen LogP contribution in [0.5, 0.6) is 0 Å². The lowest BCUT2D eigenvalue weighted by Gasteiger charge is -2.44. The number of nitriles is 2. The standard InChI is InChI=1S/C27H30N6O2/c1-4-21-12-22(20(14-29)15-30-21)23-11-19(13-28)27(31-26(23)18-5-6-18)32-8-9-33(25(35)7-10-34)24(16-32)17(2)3/h4,11-12,15,17-18,24,34H,1,5-10,16H2,2-3H3. The minimum atomic E-state index is -0.163. The van der Waals surface area contributed by atoms with Gasteiger partial charge in [0.1, 0.15) is 18.0 Å². The molecule has 0 spiro atoms. The van der Waals surface area contributed by atoms with E-state index in [-0.39, 0.29) is 36.8 Å². The van der Waals surface area contributed by atoms with Crippen LogP contribution in [0.3, 0.4) is 0 Å². The number of carbonyl (C=O) groups excluding carboxylic acids is 1. The van der Waals surface area contributed by atoms with Crippen molar-refractivity contribution in [2.45, 2.75) is 45.1 Å². The second kappa shape index (κ2) is 10.2. The van der Waals surface area contributed by atoms with Gasteiger partial charge in [-0.25, -0.2) is 4.98 Å². The van der Waals surface area contributed by atoms with E-state index in [1.165, 1.54) is 0 Å². The van der Waals surface area contributed by atoms with Crippen molar-refractivity contribution in [2.75, 3.05) is 31.1 Å². The van der Waals surface area contributed by atoms with Crippen molar-refractivity contribution < 1.29 is 9.90 Å². The van der Waals surface area contributed by atoms with Crippen LogP contribution in [-0.2, 0) is 4.79 Å². The van der Waals surface area contributed by atoms with E-state index in [1.807, 2.05) is 17.0 Å². The van der Waals surface area contributed by atoms with Crippen molar-refractivity contribution in [1.29, 1.82) is 10.5 Å². The van der Waals surface area contributed by atoms with Gasteiger partial charge in [-0.05, 0) is 37.0 Å². The van der Waals surface area contributed by atoms with Crippen molar-refractivity contribution in [3.05, 3.63) is 47.4 Å². The predicted octanol–water partition coefficient (Wildman–Crippen LogP) is 3.46. The van der Waals surface area contributed by atoms with Crippen LogP contribution in [0.2, 0.25) is 0 Å². The number of nitrogens with zero attached hydrogens (tertiary/aromatic N) is 6. The fraction of sp³-hybridized carbons (Fsp3) is 0.444. The molecule has 1 aliphatic carbocycles. The van der Waals surface area contributed by atoms with Crippen LogP contribution in [-0.4, -0.2) is 58.2 Å². The summed E-state index contributed by atoms with van der Waals surface area (Å²) in [6.07, 6.45) is 5.33. The molecule has 3 heterocycles. The Morgan fingerprint density at radius 1 is 1.23 bits per heavy atom.